The molecule has 2 aromatic carbocycles. The molecule has 6 nitrogen and oxygen atoms in total. The molecule has 7 heteroatoms. The predicted molar refractivity (Wildman–Crippen MR) is 179 cm³/mol. The largest absolute Gasteiger partial charge is 0.497 e. The maximum absolute atomic E-state index is 11.5. The lowest BCUT2D eigenvalue weighted by molar-refractivity contribution is -0.0831. The third kappa shape index (κ3) is 11.6. The second kappa shape index (κ2) is 17.1. The molecule has 0 bridgehead atoms. The minimum absolute atomic E-state index is 0.0281. The molecule has 2 rings (SSSR count). The fourth-order valence-corrected chi connectivity index (χ4v) is 6.75. The lowest BCUT2D eigenvalue weighted by Gasteiger charge is -2.44. The first-order valence-corrected chi connectivity index (χ1v) is 18.9. The quantitative estimate of drug-likeness (QED) is 0.166. The van der Waals surface area contributed by atoms with Crippen molar-refractivity contribution in [2.24, 2.45) is 23.7 Å². The molecule has 0 saturated heterocycles. The number of rotatable bonds is 18. The number of aliphatic hydroxyl groups is 2. The van der Waals surface area contributed by atoms with Crippen molar-refractivity contribution < 1.29 is 28.8 Å². The molecule has 0 aliphatic rings. The van der Waals surface area contributed by atoms with Crippen molar-refractivity contribution in [1.82, 2.24) is 0 Å². The van der Waals surface area contributed by atoms with Gasteiger partial charge in [-0.2, -0.15) is 0 Å². The van der Waals surface area contributed by atoms with Gasteiger partial charge in [0.15, 0.2) is 8.32 Å². The Kier molecular flexibility index (Phi) is 14.9. The zero-order valence-electron chi connectivity index (χ0n) is 28.7. The van der Waals surface area contributed by atoms with Crippen LogP contribution in [-0.2, 0) is 27.1 Å². The molecule has 244 valence electrons. The number of aliphatic hydroxyl groups excluding tert-OH is 2. The van der Waals surface area contributed by atoms with Gasteiger partial charge in [-0.25, -0.2) is 0 Å². The van der Waals surface area contributed by atoms with Gasteiger partial charge in [0.25, 0.3) is 0 Å². The van der Waals surface area contributed by atoms with Gasteiger partial charge in [-0.15, -0.1) is 0 Å². The van der Waals surface area contributed by atoms with Crippen molar-refractivity contribution in [3.8, 4) is 5.75 Å². The standard InChI is InChI=1S/C36H60O6Si/c1-25(2)34(41-24-30-17-19-31(39-9)20-18-30)27(4)32(37)21-33(38)28(5)35(42-43(10,11)36(6,7)8)26(3)22-40-23-29-15-13-12-14-16-29/h12-20,25-28,32-35,37-38H,21-24H2,1-11H3/t26-,27+,28-,32+,33+,34-,35-/m1/s1. The summed E-state index contributed by atoms with van der Waals surface area (Å²) in [5, 5.41) is 22.9. The first kappa shape index (κ1) is 37.4. The first-order valence-electron chi connectivity index (χ1n) is 16.0. The fraction of sp³-hybridized carbons (Fsp3) is 0.667. The molecule has 0 aliphatic heterocycles. The van der Waals surface area contributed by atoms with Gasteiger partial charge in [0.05, 0.1) is 51.3 Å². The smallest absolute Gasteiger partial charge is 0.192 e. The van der Waals surface area contributed by atoms with Crippen LogP contribution in [0.25, 0.3) is 0 Å². The summed E-state index contributed by atoms with van der Waals surface area (Å²) >= 11 is 0. The molecule has 7 atom stereocenters. The maximum Gasteiger partial charge on any atom is 0.192 e. The van der Waals surface area contributed by atoms with Gasteiger partial charge < -0.3 is 28.8 Å². The topological polar surface area (TPSA) is 77.4 Å². The van der Waals surface area contributed by atoms with E-state index in [4.69, 9.17) is 18.6 Å². The third-order valence-corrected chi connectivity index (χ3v) is 13.8. The summed E-state index contributed by atoms with van der Waals surface area (Å²) in [6.45, 7) is 23.2. The van der Waals surface area contributed by atoms with Crippen molar-refractivity contribution in [3.05, 3.63) is 65.7 Å². The Balaban J connectivity index is 2.10. The van der Waals surface area contributed by atoms with Crippen molar-refractivity contribution in [3.63, 3.8) is 0 Å². The van der Waals surface area contributed by atoms with Crippen LogP contribution in [0.5, 0.6) is 5.75 Å². The van der Waals surface area contributed by atoms with Gasteiger partial charge in [0, 0.05) is 17.8 Å². The number of ether oxygens (including phenoxy) is 3. The highest BCUT2D eigenvalue weighted by molar-refractivity contribution is 6.74. The van der Waals surface area contributed by atoms with E-state index in [1.807, 2.05) is 56.3 Å². The Morgan fingerprint density at radius 2 is 1.28 bits per heavy atom. The Bertz CT molecular complexity index is 1040. The molecule has 2 N–H and O–H groups in total. The van der Waals surface area contributed by atoms with Crippen LogP contribution in [0.15, 0.2) is 54.6 Å². The lowest BCUT2D eigenvalue weighted by atomic mass is 9.83. The number of hydrogen-bond donors (Lipinski definition) is 2. The molecule has 0 spiro atoms. The van der Waals surface area contributed by atoms with E-state index >= 15 is 0 Å². The SMILES string of the molecule is COc1ccc(CO[C@H](C(C)C)[C@@H](C)[C@@H](O)C[C@H](O)[C@@H](C)[C@H](O[Si](C)(C)C(C)(C)C)[C@H](C)COCc2ccccc2)cc1. The van der Waals surface area contributed by atoms with E-state index in [1.165, 1.54) is 0 Å². The predicted octanol–water partition coefficient (Wildman–Crippen LogP) is 7.86. The molecule has 0 aromatic heterocycles. The van der Waals surface area contributed by atoms with Crippen molar-refractivity contribution in [2.45, 2.75) is 118 Å². The van der Waals surface area contributed by atoms with Crippen molar-refractivity contribution in [2.75, 3.05) is 13.7 Å². The van der Waals surface area contributed by atoms with Gasteiger partial charge >= 0.3 is 0 Å². The number of hydrogen-bond acceptors (Lipinski definition) is 6. The van der Waals surface area contributed by atoms with Crippen LogP contribution in [0.2, 0.25) is 18.1 Å². The van der Waals surface area contributed by atoms with Gasteiger partial charge in [0.2, 0.25) is 0 Å². The average molecular weight is 617 g/mol. The summed E-state index contributed by atoms with van der Waals surface area (Å²) in [5.41, 5.74) is 2.19. The Hall–Kier alpha value is -1.74. The number of benzene rings is 2. The molecule has 0 saturated carbocycles. The Morgan fingerprint density at radius 3 is 1.79 bits per heavy atom. The first-order chi connectivity index (χ1) is 20.1. The minimum Gasteiger partial charge on any atom is -0.497 e. The van der Waals surface area contributed by atoms with Crippen LogP contribution in [0.3, 0.4) is 0 Å². The third-order valence-electron chi connectivity index (χ3n) is 9.28. The molecule has 0 aliphatic carbocycles. The highest BCUT2D eigenvalue weighted by Crippen LogP contribution is 2.40. The molecule has 2 aromatic rings. The fourth-order valence-electron chi connectivity index (χ4n) is 5.27. The van der Waals surface area contributed by atoms with E-state index in [0.29, 0.717) is 19.8 Å². The van der Waals surface area contributed by atoms with Crippen LogP contribution in [0.1, 0.15) is 72.9 Å². The Labute approximate surface area is 263 Å². The van der Waals surface area contributed by atoms with E-state index in [1.54, 1.807) is 7.11 Å². The summed E-state index contributed by atoms with van der Waals surface area (Å²) < 4.78 is 24.7. The number of methoxy groups -OCH3 is 1. The highest BCUT2D eigenvalue weighted by atomic mass is 28.4. The summed E-state index contributed by atoms with van der Waals surface area (Å²) in [5.74, 6) is 0.724. The van der Waals surface area contributed by atoms with Gasteiger partial charge in [-0.1, -0.05) is 97.9 Å². The van der Waals surface area contributed by atoms with Gasteiger partial charge in [-0.3, -0.25) is 0 Å². The zero-order valence-corrected chi connectivity index (χ0v) is 29.7. The van der Waals surface area contributed by atoms with E-state index in [2.05, 4.69) is 66.8 Å². The van der Waals surface area contributed by atoms with Crippen LogP contribution in [0, 0.1) is 23.7 Å². The van der Waals surface area contributed by atoms with Crippen LogP contribution >= 0.6 is 0 Å². The lowest BCUT2D eigenvalue weighted by Crippen LogP contribution is -2.50. The van der Waals surface area contributed by atoms with Crippen molar-refractivity contribution in [1.29, 1.82) is 0 Å². The van der Waals surface area contributed by atoms with Gasteiger partial charge in [-0.05, 0) is 53.7 Å². The zero-order chi connectivity index (χ0) is 32.4. The average Bonchev–Trinajstić information content (AvgIpc) is 2.95. The summed E-state index contributed by atoms with van der Waals surface area (Å²) in [6.07, 6.45) is -1.57. The monoisotopic (exact) mass is 616 g/mol. The summed E-state index contributed by atoms with van der Waals surface area (Å²) in [6, 6.07) is 18.0. The summed E-state index contributed by atoms with van der Waals surface area (Å²) in [7, 11) is -0.490. The molecule has 0 fully saturated rings. The molecule has 0 unspecified atom stereocenters. The van der Waals surface area contributed by atoms with Crippen molar-refractivity contribution >= 4 is 8.32 Å². The van der Waals surface area contributed by atoms with E-state index < -0.39 is 20.5 Å². The van der Waals surface area contributed by atoms with Crippen LogP contribution in [-0.4, -0.2) is 56.7 Å². The molecule has 0 amide bonds. The molecular formula is C36H60O6Si. The molecule has 0 radical (unpaired) electrons. The molecular weight excluding hydrogens is 556 g/mol. The van der Waals surface area contributed by atoms with E-state index in [9.17, 15) is 10.2 Å². The minimum atomic E-state index is -2.14. The summed E-state index contributed by atoms with van der Waals surface area (Å²) in [4.78, 5) is 0. The van der Waals surface area contributed by atoms with Gasteiger partial charge in [0.1, 0.15) is 5.75 Å². The maximum atomic E-state index is 11.5. The molecule has 0 heterocycles. The van der Waals surface area contributed by atoms with E-state index in [-0.39, 0.29) is 47.3 Å². The van der Waals surface area contributed by atoms with Crippen LogP contribution < -0.4 is 4.74 Å². The normalized spacial score (nSPS) is 17.6. The van der Waals surface area contributed by atoms with E-state index in [0.717, 1.165) is 16.9 Å². The molecule has 43 heavy (non-hydrogen) atoms. The Morgan fingerprint density at radius 1 is 0.744 bits per heavy atom. The second-order valence-corrected chi connectivity index (χ2v) is 19.0. The van der Waals surface area contributed by atoms with Crippen LogP contribution in [0.4, 0.5) is 0 Å². The highest BCUT2D eigenvalue weighted by Gasteiger charge is 2.43. The second-order valence-electron chi connectivity index (χ2n) is 14.3.